The number of carbonyl (C=O) groups excluding carboxylic acids is 1. The molecule has 0 saturated heterocycles. The van der Waals surface area contributed by atoms with Gasteiger partial charge in [-0.15, -0.1) is 0 Å². The number of carbonyl (C=O) groups is 1. The van der Waals surface area contributed by atoms with Gasteiger partial charge in [-0.1, -0.05) is 66.2 Å². The lowest BCUT2D eigenvalue weighted by atomic mass is 9.95. The minimum absolute atomic E-state index is 0.00378. The summed E-state index contributed by atoms with van der Waals surface area (Å²) in [5.74, 6) is 0.915. The molecule has 0 saturated carbocycles. The minimum Gasteiger partial charge on any atom is -0.493 e. The van der Waals surface area contributed by atoms with Crippen LogP contribution in [0.15, 0.2) is 72.8 Å². The van der Waals surface area contributed by atoms with Crippen molar-refractivity contribution in [2.75, 3.05) is 13.7 Å². The number of likely N-dealkylation sites (N-methyl/N-ethyl adjacent to an activating group) is 1. The van der Waals surface area contributed by atoms with E-state index in [4.69, 9.17) is 16.3 Å². The second kappa shape index (κ2) is 9.99. The second-order valence-corrected chi connectivity index (χ2v) is 8.24. The van der Waals surface area contributed by atoms with E-state index in [0.717, 1.165) is 42.2 Å². The van der Waals surface area contributed by atoms with Gasteiger partial charge in [0.05, 0.1) is 6.61 Å². The van der Waals surface area contributed by atoms with Gasteiger partial charge in [0.2, 0.25) is 5.91 Å². The Bertz CT molecular complexity index is 1020. The van der Waals surface area contributed by atoms with E-state index in [0.29, 0.717) is 0 Å². The first-order valence-corrected chi connectivity index (χ1v) is 11.0. The maximum Gasteiger partial charge on any atom is 0.241 e. The third-order valence-electron chi connectivity index (χ3n) is 5.76. The molecule has 1 aliphatic heterocycles. The fourth-order valence-electron chi connectivity index (χ4n) is 4.05. The van der Waals surface area contributed by atoms with Crippen LogP contribution in [0.5, 0.6) is 5.75 Å². The van der Waals surface area contributed by atoms with Crippen molar-refractivity contribution in [1.29, 1.82) is 0 Å². The summed E-state index contributed by atoms with van der Waals surface area (Å²) in [6, 6.07) is 23.7. The lowest BCUT2D eigenvalue weighted by molar-refractivity contribution is -0.123. The van der Waals surface area contributed by atoms with Gasteiger partial charge >= 0.3 is 0 Å². The number of rotatable bonds is 8. The highest BCUT2D eigenvalue weighted by molar-refractivity contribution is 6.30. The Morgan fingerprint density at radius 2 is 1.81 bits per heavy atom. The van der Waals surface area contributed by atoms with Gasteiger partial charge in [0.1, 0.15) is 11.8 Å². The van der Waals surface area contributed by atoms with E-state index in [-0.39, 0.29) is 11.9 Å². The topological polar surface area (TPSA) is 50.4 Å². The van der Waals surface area contributed by atoms with Crippen molar-refractivity contribution in [3.05, 3.63) is 100 Å². The van der Waals surface area contributed by atoms with Crippen molar-refractivity contribution in [3.63, 3.8) is 0 Å². The molecule has 4 rings (SSSR count). The van der Waals surface area contributed by atoms with E-state index in [9.17, 15) is 4.79 Å². The summed E-state index contributed by atoms with van der Waals surface area (Å²) in [6.45, 7) is 0.729. The number of benzene rings is 3. The first kappa shape index (κ1) is 21.4. The predicted octanol–water partition coefficient (Wildman–Crippen LogP) is 5.03. The molecule has 0 aliphatic carbocycles. The van der Waals surface area contributed by atoms with Crippen molar-refractivity contribution in [1.82, 2.24) is 10.6 Å². The molecule has 0 spiro atoms. The van der Waals surface area contributed by atoms with Crippen LogP contribution in [-0.2, 0) is 17.6 Å². The van der Waals surface area contributed by atoms with Crippen LogP contribution >= 0.6 is 11.6 Å². The fourth-order valence-corrected chi connectivity index (χ4v) is 4.17. The zero-order valence-corrected chi connectivity index (χ0v) is 18.4. The summed E-state index contributed by atoms with van der Waals surface area (Å²) < 4.78 is 5.68. The molecule has 0 aromatic heterocycles. The molecule has 0 unspecified atom stereocenters. The first-order chi connectivity index (χ1) is 15.1. The van der Waals surface area contributed by atoms with Crippen LogP contribution in [0.4, 0.5) is 0 Å². The van der Waals surface area contributed by atoms with Crippen LogP contribution in [0.25, 0.3) is 0 Å². The van der Waals surface area contributed by atoms with E-state index in [1.807, 2.05) is 48.5 Å². The van der Waals surface area contributed by atoms with Gasteiger partial charge in [-0.3, -0.25) is 10.1 Å². The van der Waals surface area contributed by atoms with Gasteiger partial charge in [0.25, 0.3) is 0 Å². The van der Waals surface area contributed by atoms with Crippen LogP contribution in [0.2, 0.25) is 5.02 Å². The Kier molecular flexibility index (Phi) is 6.90. The van der Waals surface area contributed by atoms with Crippen molar-refractivity contribution >= 4 is 17.5 Å². The molecule has 2 atom stereocenters. The third-order valence-corrected chi connectivity index (χ3v) is 6.01. The molecule has 31 heavy (non-hydrogen) atoms. The molecule has 5 heteroatoms. The molecular formula is C26H27ClN2O2. The van der Waals surface area contributed by atoms with E-state index in [1.54, 1.807) is 7.05 Å². The molecule has 160 valence electrons. The predicted molar refractivity (Wildman–Crippen MR) is 125 cm³/mol. The van der Waals surface area contributed by atoms with Crippen LogP contribution in [0.3, 0.4) is 0 Å². The highest BCUT2D eigenvalue weighted by Gasteiger charge is 2.25. The van der Waals surface area contributed by atoms with Crippen molar-refractivity contribution in [3.8, 4) is 5.75 Å². The Balaban J connectivity index is 1.61. The monoisotopic (exact) mass is 434 g/mol. The summed E-state index contributed by atoms with van der Waals surface area (Å²) in [7, 11) is 1.68. The molecule has 3 aromatic carbocycles. The average molecular weight is 435 g/mol. The molecule has 4 nitrogen and oxygen atoms in total. The van der Waals surface area contributed by atoms with Crippen LogP contribution < -0.4 is 15.4 Å². The lowest BCUT2D eigenvalue weighted by Gasteiger charge is -2.26. The SMILES string of the molecule is CNC(=O)[C@@H](N[C@H](CCc1ccc(Cl)cc1)c1ccc2c(c1)CCO2)c1ccccc1. The molecule has 0 fully saturated rings. The van der Waals surface area contributed by atoms with Crippen molar-refractivity contribution < 1.29 is 9.53 Å². The minimum atomic E-state index is -0.439. The summed E-state index contributed by atoms with van der Waals surface area (Å²) >= 11 is 6.04. The van der Waals surface area contributed by atoms with Crippen LogP contribution in [-0.4, -0.2) is 19.6 Å². The molecule has 0 radical (unpaired) electrons. The second-order valence-electron chi connectivity index (χ2n) is 7.81. The Hall–Kier alpha value is -2.82. The van der Waals surface area contributed by atoms with E-state index in [2.05, 4.69) is 34.9 Å². The fraction of sp³-hybridized carbons (Fsp3) is 0.269. The van der Waals surface area contributed by atoms with E-state index >= 15 is 0 Å². The van der Waals surface area contributed by atoms with Gasteiger partial charge in [0.15, 0.2) is 0 Å². The number of aryl methyl sites for hydroxylation is 1. The van der Waals surface area contributed by atoms with Gasteiger partial charge in [-0.05, 0) is 53.3 Å². The number of ether oxygens (including phenoxy) is 1. The quantitative estimate of drug-likeness (QED) is 0.523. The highest BCUT2D eigenvalue weighted by atomic mass is 35.5. The average Bonchev–Trinajstić information content (AvgIpc) is 3.28. The molecule has 0 bridgehead atoms. The Morgan fingerprint density at radius 3 is 2.55 bits per heavy atom. The molecule has 2 N–H and O–H groups in total. The van der Waals surface area contributed by atoms with Gasteiger partial charge in [-0.25, -0.2) is 0 Å². The van der Waals surface area contributed by atoms with Crippen molar-refractivity contribution in [2.24, 2.45) is 0 Å². The highest BCUT2D eigenvalue weighted by Crippen LogP contribution is 2.31. The number of fused-ring (bicyclic) bond motifs is 1. The number of hydrogen-bond acceptors (Lipinski definition) is 3. The Morgan fingerprint density at radius 1 is 1.03 bits per heavy atom. The molecule has 1 heterocycles. The number of hydrogen-bond donors (Lipinski definition) is 2. The third kappa shape index (κ3) is 5.27. The van der Waals surface area contributed by atoms with Gasteiger partial charge in [-0.2, -0.15) is 0 Å². The van der Waals surface area contributed by atoms with Crippen LogP contribution in [0, 0.1) is 0 Å². The standard InChI is InChI=1S/C26H27ClN2O2/c1-28-26(30)25(19-5-3-2-4-6-19)29-23(13-9-18-7-11-22(27)12-8-18)20-10-14-24-21(17-20)15-16-31-24/h2-8,10-12,14,17,23,25,29H,9,13,15-16H2,1H3,(H,28,30)/t23-,25+/m1/s1. The maximum absolute atomic E-state index is 12.8. The molecule has 3 aromatic rings. The summed E-state index contributed by atoms with van der Waals surface area (Å²) in [5.41, 5.74) is 4.56. The smallest absolute Gasteiger partial charge is 0.241 e. The number of halogens is 1. The molecule has 1 aliphatic rings. The van der Waals surface area contributed by atoms with E-state index < -0.39 is 6.04 Å². The summed E-state index contributed by atoms with van der Waals surface area (Å²) in [5, 5.41) is 7.17. The molecular weight excluding hydrogens is 408 g/mol. The summed E-state index contributed by atoms with van der Waals surface area (Å²) in [4.78, 5) is 12.8. The van der Waals surface area contributed by atoms with Gasteiger partial charge < -0.3 is 10.1 Å². The largest absolute Gasteiger partial charge is 0.493 e. The zero-order valence-electron chi connectivity index (χ0n) is 17.6. The zero-order chi connectivity index (χ0) is 21.6. The lowest BCUT2D eigenvalue weighted by Crippen LogP contribution is -2.38. The maximum atomic E-state index is 12.8. The normalized spacial score (nSPS) is 14.4. The summed E-state index contributed by atoms with van der Waals surface area (Å²) in [6.07, 6.45) is 2.64. The van der Waals surface area contributed by atoms with Gasteiger partial charge in [0, 0.05) is 24.5 Å². The van der Waals surface area contributed by atoms with Crippen molar-refractivity contribution in [2.45, 2.75) is 31.3 Å². The van der Waals surface area contributed by atoms with E-state index in [1.165, 1.54) is 16.7 Å². The number of amides is 1. The number of nitrogens with one attached hydrogen (secondary N) is 2. The Labute approximate surface area is 188 Å². The molecule has 1 amide bonds. The van der Waals surface area contributed by atoms with Crippen LogP contribution in [0.1, 0.15) is 40.8 Å². The first-order valence-electron chi connectivity index (χ1n) is 10.7.